The lowest BCUT2D eigenvalue weighted by molar-refractivity contribution is 0.00644. The van der Waals surface area contributed by atoms with E-state index in [0.29, 0.717) is 5.41 Å². The molecular formula is C17H23N. The molecule has 0 aromatic carbocycles. The molecular weight excluding hydrogens is 218 g/mol. The molecule has 18 heavy (non-hydrogen) atoms. The number of hydrogen-bond donors (Lipinski definition) is 0. The maximum Gasteiger partial charge on any atom is 0.0621 e. The fourth-order valence-electron chi connectivity index (χ4n) is 4.17. The molecule has 0 aromatic heterocycles. The van der Waals surface area contributed by atoms with E-state index >= 15 is 0 Å². The Morgan fingerprint density at radius 1 is 1.17 bits per heavy atom. The Balaban J connectivity index is 1.80. The van der Waals surface area contributed by atoms with Gasteiger partial charge in [0.25, 0.3) is 0 Å². The third kappa shape index (κ3) is 1.74. The highest BCUT2D eigenvalue weighted by Gasteiger charge is 2.50. The van der Waals surface area contributed by atoms with Crippen LogP contribution in [0.3, 0.4) is 0 Å². The number of rotatable bonds is 6. The molecule has 0 spiro atoms. The van der Waals surface area contributed by atoms with Gasteiger partial charge in [0.15, 0.2) is 0 Å². The van der Waals surface area contributed by atoms with E-state index < -0.39 is 0 Å². The van der Waals surface area contributed by atoms with Crippen molar-refractivity contribution in [1.29, 1.82) is 5.26 Å². The van der Waals surface area contributed by atoms with Crippen LogP contribution in [0.15, 0.2) is 23.8 Å². The second-order valence-corrected chi connectivity index (χ2v) is 6.29. The highest BCUT2D eigenvalue weighted by molar-refractivity contribution is 5.42. The molecule has 0 unspecified atom stereocenters. The lowest BCUT2D eigenvalue weighted by Crippen LogP contribution is -2.46. The maximum absolute atomic E-state index is 8.81. The topological polar surface area (TPSA) is 23.8 Å². The molecule has 96 valence electrons. The van der Waals surface area contributed by atoms with Gasteiger partial charge in [-0.3, -0.25) is 0 Å². The second kappa shape index (κ2) is 4.92. The highest BCUT2D eigenvalue weighted by atomic mass is 14.5. The minimum atomic E-state index is 0.460. The van der Waals surface area contributed by atoms with Crippen LogP contribution in [0.4, 0.5) is 0 Å². The van der Waals surface area contributed by atoms with Gasteiger partial charge in [-0.15, -0.1) is 0 Å². The van der Waals surface area contributed by atoms with Crippen LogP contribution in [0, 0.1) is 28.6 Å². The third-order valence-electron chi connectivity index (χ3n) is 5.64. The van der Waals surface area contributed by atoms with Crippen LogP contribution in [0.1, 0.15) is 57.8 Å². The summed E-state index contributed by atoms with van der Waals surface area (Å²) in [4.78, 5) is 0. The Morgan fingerprint density at radius 2 is 1.78 bits per heavy atom. The molecule has 1 nitrogen and oxygen atoms in total. The third-order valence-corrected chi connectivity index (χ3v) is 5.64. The first-order valence-electron chi connectivity index (χ1n) is 7.64. The van der Waals surface area contributed by atoms with Crippen LogP contribution < -0.4 is 0 Å². The molecule has 0 aromatic rings. The smallest absolute Gasteiger partial charge is 0.0621 e. The highest BCUT2D eigenvalue weighted by Crippen LogP contribution is 2.60. The minimum absolute atomic E-state index is 0.460. The van der Waals surface area contributed by atoms with Crippen molar-refractivity contribution in [1.82, 2.24) is 0 Å². The number of hydrogen-bond acceptors (Lipinski definition) is 1. The monoisotopic (exact) mass is 241 g/mol. The van der Waals surface area contributed by atoms with Gasteiger partial charge in [-0.25, -0.2) is 0 Å². The largest absolute Gasteiger partial charge is 0.198 e. The summed E-state index contributed by atoms with van der Waals surface area (Å²) in [6.45, 7) is 0. The Morgan fingerprint density at radius 3 is 2.11 bits per heavy atom. The van der Waals surface area contributed by atoms with Gasteiger partial charge in [0, 0.05) is 11.8 Å². The molecule has 1 heteroatoms. The maximum atomic E-state index is 8.81. The van der Waals surface area contributed by atoms with Crippen LogP contribution in [0.5, 0.6) is 0 Å². The molecule has 0 aliphatic heterocycles. The van der Waals surface area contributed by atoms with Crippen LogP contribution in [0.25, 0.3) is 0 Å². The first-order chi connectivity index (χ1) is 8.88. The van der Waals surface area contributed by atoms with Gasteiger partial charge < -0.3 is 0 Å². The van der Waals surface area contributed by atoms with E-state index in [-0.39, 0.29) is 0 Å². The SMILES string of the molecule is N#CCCCC(C1=CC=C1)(C1CCC1)C1CCC1. The molecule has 0 atom stereocenters. The molecule has 0 heterocycles. The molecule has 0 bridgehead atoms. The second-order valence-electron chi connectivity index (χ2n) is 6.29. The molecule has 0 radical (unpaired) electrons. The molecule has 0 saturated heterocycles. The van der Waals surface area contributed by atoms with Gasteiger partial charge >= 0.3 is 0 Å². The predicted molar refractivity (Wildman–Crippen MR) is 73.8 cm³/mol. The summed E-state index contributed by atoms with van der Waals surface area (Å²) in [5.74, 6) is 1.83. The summed E-state index contributed by atoms with van der Waals surface area (Å²) in [5, 5.41) is 8.81. The van der Waals surface area contributed by atoms with Crippen molar-refractivity contribution in [3.05, 3.63) is 23.8 Å². The summed E-state index contributed by atoms with van der Waals surface area (Å²) in [6, 6.07) is 2.33. The van der Waals surface area contributed by atoms with Gasteiger partial charge in [-0.2, -0.15) is 5.26 Å². The van der Waals surface area contributed by atoms with Gasteiger partial charge in [0.2, 0.25) is 0 Å². The van der Waals surface area contributed by atoms with Crippen LogP contribution in [-0.4, -0.2) is 0 Å². The molecule has 0 N–H and O–H groups in total. The fraction of sp³-hybridized carbons (Fsp3) is 0.706. The zero-order valence-corrected chi connectivity index (χ0v) is 11.2. The summed E-state index contributed by atoms with van der Waals surface area (Å²) < 4.78 is 0. The zero-order valence-electron chi connectivity index (χ0n) is 11.2. The summed E-state index contributed by atoms with van der Waals surface area (Å²) >= 11 is 0. The van der Waals surface area contributed by atoms with Crippen molar-refractivity contribution in [2.45, 2.75) is 57.8 Å². The standard InChI is InChI=1S/C17H23N/c18-13-2-1-12-17(14-6-3-7-14,15-8-4-9-15)16-10-5-11-16/h3,6-7,15-16H,1-2,4-5,8-12H2. The van der Waals surface area contributed by atoms with Gasteiger partial charge in [-0.1, -0.05) is 31.1 Å². The van der Waals surface area contributed by atoms with E-state index in [1.807, 2.05) is 0 Å². The Labute approximate surface area is 111 Å². The first-order valence-corrected chi connectivity index (χ1v) is 7.64. The summed E-state index contributed by atoms with van der Waals surface area (Å²) in [5.41, 5.74) is 2.08. The number of unbranched alkanes of at least 4 members (excludes halogenated alkanes) is 1. The first kappa shape index (κ1) is 12.0. The molecule has 2 saturated carbocycles. The van der Waals surface area contributed by atoms with Crippen molar-refractivity contribution in [2.75, 3.05) is 0 Å². The van der Waals surface area contributed by atoms with E-state index in [2.05, 4.69) is 24.3 Å². The van der Waals surface area contributed by atoms with Crippen molar-refractivity contribution >= 4 is 0 Å². The quantitative estimate of drug-likeness (QED) is 0.615. The fourth-order valence-corrected chi connectivity index (χ4v) is 4.17. The van der Waals surface area contributed by atoms with Crippen molar-refractivity contribution in [3.8, 4) is 6.07 Å². The van der Waals surface area contributed by atoms with Crippen LogP contribution >= 0.6 is 0 Å². The average molecular weight is 241 g/mol. The summed E-state index contributed by atoms with van der Waals surface area (Å²) in [7, 11) is 0. The Bertz CT molecular complexity index is 388. The van der Waals surface area contributed by atoms with Crippen molar-refractivity contribution in [3.63, 3.8) is 0 Å². The zero-order chi connectivity index (χ0) is 12.4. The van der Waals surface area contributed by atoms with E-state index in [0.717, 1.165) is 24.7 Å². The van der Waals surface area contributed by atoms with Crippen LogP contribution in [-0.2, 0) is 0 Å². The number of nitriles is 1. The Hall–Kier alpha value is -1.03. The number of allylic oxidation sites excluding steroid dienone is 4. The van der Waals surface area contributed by atoms with Gasteiger partial charge in [0.1, 0.15) is 0 Å². The lowest BCUT2D eigenvalue weighted by Gasteiger charge is -2.55. The van der Waals surface area contributed by atoms with Crippen molar-refractivity contribution in [2.24, 2.45) is 17.3 Å². The normalized spacial score (nSPS) is 23.6. The number of nitrogens with zero attached hydrogens (tertiary/aromatic N) is 1. The lowest BCUT2D eigenvalue weighted by atomic mass is 9.49. The van der Waals surface area contributed by atoms with Crippen LogP contribution in [0.2, 0.25) is 0 Å². The van der Waals surface area contributed by atoms with E-state index in [4.69, 9.17) is 5.26 Å². The van der Waals surface area contributed by atoms with E-state index in [1.165, 1.54) is 44.9 Å². The molecule has 2 fully saturated rings. The van der Waals surface area contributed by atoms with E-state index in [1.54, 1.807) is 5.57 Å². The minimum Gasteiger partial charge on any atom is -0.198 e. The van der Waals surface area contributed by atoms with Crippen molar-refractivity contribution < 1.29 is 0 Å². The predicted octanol–water partition coefficient (Wildman–Crippen LogP) is 4.76. The molecule has 3 aliphatic carbocycles. The molecule has 3 aliphatic rings. The summed E-state index contributed by atoms with van der Waals surface area (Å²) in [6.07, 6.45) is 18.5. The van der Waals surface area contributed by atoms with E-state index in [9.17, 15) is 0 Å². The molecule has 0 amide bonds. The molecule has 3 rings (SSSR count). The Kier molecular flexibility index (Phi) is 3.29. The van der Waals surface area contributed by atoms with Gasteiger partial charge in [0.05, 0.1) is 6.07 Å². The van der Waals surface area contributed by atoms with Gasteiger partial charge in [-0.05, 0) is 55.9 Å². The average Bonchev–Trinajstić information content (AvgIpc) is 2.08.